The average Bonchev–Trinajstić information content (AvgIpc) is 3.15. The van der Waals surface area contributed by atoms with Crippen LogP contribution in [0.3, 0.4) is 0 Å². The monoisotopic (exact) mass is 426 g/mol. The highest BCUT2D eigenvalue weighted by Gasteiger charge is 2.14. The summed E-state index contributed by atoms with van der Waals surface area (Å²) in [6.07, 6.45) is 5.09. The molecule has 0 unspecified atom stereocenters. The molecule has 1 aromatic carbocycles. The van der Waals surface area contributed by atoms with Crippen LogP contribution < -0.4 is 21.8 Å². The fraction of sp³-hybridized carbons (Fsp3) is 0.158. The van der Waals surface area contributed by atoms with E-state index in [2.05, 4.69) is 15.0 Å². The van der Waals surface area contributed by atoms with Crippen LogP contribution in [0.4, 0.5) is 11.8 Å². The Balaban J connectivity index is 1.67. The van der Waals surface area contributed by atoms with Gasteiger partial charge in [0.1, 0.15) is 23.0 Å². The molecular weight excluding hydrogens is 408 g/mol. The molecule has 0 atom stereocenters. The lowest BCUT2D eigenvalue weighted by atomic mass is 10.1. The molecule has 0 spiro atoms. The fourth-order valence-electron chi connectivity index (χ4n) is 2.82. The van der Waals surface area contributed by atoms with Gasteiger partial charge in [-0.2, -0.15) is 4.98 Å². The first-order valence-electron chi connectivity index (χ1n) is 8.64. The lowest BCUT2D eigenvalue weighted by molar-refractivity contribution is 0.307. The highest BCUT2D eigenvalue weighted by Crippen LogP contribution is 2.37. The zero-order chi connectivity index (χ0) is 20.4. The van der Waals surface area contributed by atoms with Crippen molar-refractivity contribution in [3.63, 3.8) is 0 Å². The Kier molecular flexibility index (Phi) is 5.36. The van der Waals surface area contributed by atoms with Gasteiger partial charge >= 0.3 is 0 Å². The number of nitrogens with zero attached hydrogens (tertiary/aromatic N) is 4. The number of rotatable bonds is 6. The molecule has 8 nitrogen and oxygen atoms in total. The van der Waals surface area contributed by atoms with E-state index in [-0.39, 0.29) is 23.9 Å². The number of nitrogens with two attached hydrogens (primary N) is 2. The molecule has 3 heterocycles. The van der Waals surface area contributed by atoms with Crippen molar-refractivity contribution in [2.75, 3.05) is 17.7 Å². The largest absolute Gasteiger partial charge is 0.488 e. The van der Waals surface area contributed by atoms with Gasteiger partial charge in [0.25, 0.3) is 5.56 Å². The van der Waals surface area contributed by atoms with E-state index in [1.54, 1.807) is 28.9 Å². The van der Waals surface area contributed by atoms with Crippen molar-refractivity contribution in [2.24, 2.45) is 0 Å². The summed E-state index contributed by atoms with van der Waals surface area (Å²) in [6.45, 7) is 0.201. The molecule has 0 bridgehead atoms. The van der Waals surface area contributed by atoms with Gasteiger partial charge in [-0.05, 0) is 24.5 Å². The predicted molar refractivity (Wildman–Crippen MR) is 118 cm³/mol. The van der Waals surface area contributed by atoms with Crippen LogP contribution in [-0.4, -0.2) is 25.8 Å². The number of thiophene rings is 1. The van der Waals surface area contributed by atoms with E-state index in [4.69, 9.17) is 16.2 Å². The summed E-state index contributed by atoms with van der Waals surface area (Å²) in [7, 11) is 0. The van der Waals surface area contributed by atoms with E-state index in [9.17, 15) is 4.79 Å². The summed E-state index contributed by atoms with van der Waals surface area (Å²) in [5, 5.41) is 0.604. The Bertz CT molecular complexity index is 1240. The van der Waals surface area contributed by atoms with Crippen LogP contribution in [0.25, 0.3) is 20.7 Å². The quantitative estimate of drug-likeness (QED) is 0.482. The van der Waals surface area contributed by atoms with Crippen molar-refractivity contribution >= 4 is 45.1 Å². The molecule has 3 aromatic heterocycles. The summed E-state index contributed by atoms with van der Waals surface area (Å²) in [5.41, 5.74) is 12.9. The van der Waals surface area contributed by atoms with E-state index in [0.717, 1.165) is 10.4 Å². The first kappa shape index (κ1) is 19.2. The summed E-state index contributed by atoms with van der Waals surface area (Å²) in [4.78, 5) is 26.6. The molecule has 4 aromatic rings. The first-order valence-corrected chi connectivity index (χ1v) is 10.8. The third-order valence-electron chi connectivity index (χ3n) is 4.24. The van der Waals surface area contributed by atoms with Crippen LogP contribution in [-0.2, 0) is 12.5 Å². The third-order valence-corrected chi connectivity index (χ3v) is 5.85. The predicted octanol–water partition coefficient (Wildman–Crippen LogP) is 2.98. The van der Waals surface area contributed by atoms with Gasteiger partial charge < -0.3 is 16.2 Å². The molecule has 0 aliphatic rings. The topological polar surface area (TPSA) is 122 Å². The van der Waals surface area contributed by atoms with Crippen molar-refractivity contribution in [3.05, 3.63) is 58.8 Å². The number of anilines is 2. The standard InChI is InChI=1S/C19H18N6O2S2/c1-28-10-25-9-23-17-13(18(25)26)6-15(29-17)12-4-2-3-5-14(12)27-8-11-7-22-19(21)24-16(11)20/h2-7,9H,8,10H2,1H3,(H4,20,21,22,24). The van der Waals surface area contributed by atoms with Crippen LogP contribution in [0, 0.1) is 0 Å². The van der Waals surface area contributed by atoms with Gasteiger partial charge in [0.15, 0.2) is 0 Å². The van der Waals surface area contributed by atoms with E-state index in [1.165, 1.54) is 11.3 Å². The van der Waals surface area contributed by atoms with Gasteiger partial charge in [-0.25, -0.2) is 9.97 Å². The number of thioether (sulfide) groups is 1. The van der Waals surface area contributed by atoms with Crippen LogP contribution in [0.15, 0.2) is 47.7 Å². The van der Waals surface area contributed by atoms with Crippen molar-refractivity contribution in [1.82, 2.24) is 19.5 Å². The van der Waals surface area contributed by atoms with E-state index in [1.807, 2.05) is 36.6 Å². The molecule has 0 saturated heterocycles. The van der Waals surface area contributed by atoms with Gasteiger partial charge in [0.05, 0.1) is 23.2 Å². The molecule has 0 amide bonds. The van der Waals surface area contributed by atoms with E-state index in [0.29, 0.717) is 27.4 Å². The Morgan fingerprint density at radius 3 is 2.86 bits per heavy atom. The van der Waals surface area contributed by atoms with Crippen molar-refractivity contribution < 1.29 is 4.74 Å². The average molecular weight is 427 g/mol. The first-order chi connectivity index (χ1) is 14.1. The van der Waals surface area contributed by atoms with Gasteiger partial charge in [-0.1, -0.05) is 12.1 Å². The van der Waals surface area contributed by atoms with Crippen molar-refractivity contribution in [3.8, 4) is 16.2 Å². The number of ether oxygens (including phenoxy) is 1. The molecule has 4 N–H and O–H groups in total. The number of nitrogen functional groups attached to an aromatic ring is 2. The molecule has 0 fully saturated rings. The summed E-state index contributed by atoms with van der Waals surface area (Å²) < 4.78 is 7.59. The Morgan fingerprint density at radius 2 is 2.07 bits per heavy atom. The maximum atomic E-state index is 12.7. The maximum absolute atomic E-state index is 12.7. The summed E-state index contributed by atoms with van der Waals surface area (Å²) in [6, 6.07) is 9.50. The number of hydrogen-bond donors (Lipinski definition) is 2. The Morgan fingerprint density at radius 1 is 1.24 bits per heavy atom. The minimum Gasteiger partial charge on any atom is -0.488 e. The van der Waals surface area contributed by atoms with Gasteiger partial charge in [0, 0.05) is 16.6 Å². The third kappa shape index (κ3) is 3.89. The lowest BCUT2D eigenvalue weighted by Gasteiger charge is -2.11. The Hall–Kier alpha value is -3.11. The van der Waals surface area contributed by atoms with Crippen LogP contribution in [0.2, 0.25) is 0 Å². The maximum Gasteiger partial charge on any atom is 0.262 e. The van der Waals surface area contributed by atoms with Gasteiger partial charge in [-0.3, -0.25) is 9.36 Å². The zero-order valence-corrected chi connectivity index (χ0v) is 17.2. The number of hydrogen-bond acceptors (Lipinski definition) is 9. The molecule has 29 heavy (non-hydrogen) atoms. The van der Waals surface area contributed by atoms with Crippen LogP contribution >= 0.6 is 23.1 Å². The number of fused-ring (bicyclic) bond motifs is 1. The summed E-state index contributed by atoms with van der Waals surface area (Å²) >= 11 is 3.02. The van der Waals surface area contributed by atoms with Gasteiger partial charge in [-0.15, -0.1) is 23.1 Å². The number of para-hydroxylation sites is 1. The number of aromatic nitrogens is 4. The van der Waals surface area contributed by atoms with Crippen molar-refractivity contribution in [2.45, 2.75) is 12.5 Å². The van der Waals surface area contributed by atoms with Crippen LogP contribution in [0.5, 0.6) is 5.75 Å². The number of benzene rings is 1. The normalized spacial score (nSPS) is 11.1. The summed E-state index contributed by atoms with van der Waals surface area (Å²) in [5.74, 6) is 1.64. The highest BCUT2D eigenvalue weighted by atomic mass is 32.2. The molecular formula is C19H18N6O2S2. The molecule has 0 aliphatic carbocycles. The second-order valence-corrected chi connectivity index (χ2v) is 8.06. The van der Waals surface area contributed by atoms with Crippen molar-refractivity contribution in [1.29, 1.82) is 0 Å². The lowest BCUT2D eigenvalue weighted by Crippen LogP contribution is -2.18. The SMILES string of the molecule is CSCn1cnc2sc(-c3ccccc3OCc3cnc(N)nc3N)cc2c1=O. The molecule has 0 saturated carbocycles. The molecule has 10 heteroatoms. The van der Waals surface area contributed by atoms with E-state index < -0.39 is 0 Å². The minimum atomic E-state index is -0.0444. The fourth-order valence-corrected chi connectivity index (χ4v) is 4.30. The van der Waals surface area contributed by atoms with E-state index >= 15 is 0 Å². The van der Waals surface area contributed by atoms with Gasteiger partial charge in [0.2, 0.25) is 5.95 Å². The second-order valence-electron chi connectivity index (χ2n) is 6.19. The molecule has 0 radical (unpaired) electrons. The Labute approximate surface area is 174 Å². The smallest absolute Gasteiger partial charge is 0.262 e. The highest BCUT2D eigenvalue weighted by molar-refractivity contribution is 7.97. The molecule has 148 valence electrons. The molecule has 0 aliphatic heterocycles. The molecule has 4 rings (SSSR count). The van der Waals surface area contributed by atoms with Crippen LogP contribution in [0.1, 0.15) is 5.56 Å². The zero-order valence-electron chi connectivity index (χ0n) is 15.5. The minimum absolute atomic E-state index is 0.0444. The second kappa shape index (κ2) is 8.10.